The Morgan fingerprint density at radius 3 is 2.81 bits per heavy atom. The average Bonchev–Trinajstić information content (AvgIpc) is 2.66. The predicted molar refractivity (Wildman–Crippen MR) is 63.1 cm³/mol. The van der Waals surface area contributed by atoms with Gasteiger partial charge in [0.2, 0.25) is 0 Å². The van der Waals surface area contributed by atoms with Crippen LogP contribution < -0.4 is 5.32 Å². The molecule has 3 heteroatoms. The molecule has 0 radical (unpaired) electrons. The fraction of sp³-hybridized carbons (Fsp3) is 0.923. The molecule has 1 aliphatic heterocycles. The standard InChI is InChI=1S/C13H23NO2/c1-13(2,3)16-12(15)7-11-10-6-4-5-9(10)8-14-11/h9-11,14H,4-8H2,1-3H3/t9-,10-,11-/m0/s1. The van der Waals surface area contributed by atoms with Crippen LogP contribution in [0.4, 0.5) is 0 Å². The molecule has 2 aliphatic rings. The number of ether oxygens (including phenoxy) is 1. The van der Waals surface area contributed by atoms with Gasteiger partial charge in [0.05, 0.1) is 6.42 Å². The highest BCUT2D eigenvalue weighted by Crippen LogP contribution is 2.38. The Morgan fingerprint density at radius 2 is 2.12 bits per heavy atom. The second-order valence-electron chi connectivity index (χ2n) is 6.16. The summed E-state index contributed by atoms with van der Waals surface area (Å²) >= 11 is 0. The monoisotopic (exact) mass is 225 g/mol. The fourth-order valence-corrected chi connectivity index (χ4v) is 3.09. The van der Waals surface area contributed by atoms with Gasteiger partial charge in [0.15, 0.2) is 0 Å². The maximum Gasteiger partial charge on any atom is 0.307 e. The van der Waals surface area contributed by atoms with Crippen LogP contribution in [0.3, 0.4) is 0 Å². The van der Waals surface area contributed by atoms with E-state index in [0.29, 0.717) is 18.4 Å². The number of hydrogen-bond donors (Lipinski definition) is 1. The molecule has 1 heterocycles. The molecule has 1 N–H and O–H groups in total. The van der Waals surface area contributed by atoms with Crippen LogP contribution in [0.15, 0.2) is 0 Å². The van der Waals surface area contributed by atoms with Crippen LogP contribution in [0.2, 0.25) is 0 Å². The lowest BCUT2D eigenvalue weighted by Crippen LogP contribution is -2.33. The summed E-state index contributed by atoms with van der Waals surface area (Å²) in [6.45, 7) is 6.86. The molecule has 1 saturated heterocycles. The Balaban J connectivity index is 1.83. The van der Waals surface area contributed by atoms with E-state index in [0.717, 1.165) is 12.5 Å². The normalized spacial score (nSPS) is 33.8. The van der Waals surface area contributed by atoms with E-state index in [9.17, 15) is 4.79 Å². The largest absolute Gasteiger partial charge is 0.460 e. The van der Waals surface area contributed by atoms with Crippen molar-refractivity contribution < 1.29 is 9.53 Å². The summed E-state index contributed by atoms with van der Waals surface area (Å²) < 4.78 is 5.37. The van der Waals surface area contributed by atoms with Crippen molar-refractivity contribution in [2.24, 2.45) is 11.8 Å². The van der Waals surface area contributed by atoms with Crippen LogP contribution in [0, 0.1) is 11.8 Å². The van der Waals surface area contributed by atoms with E-state index in [1.165, 1.54) is 19.3 Å². The summed E-state index contributed by atoms with van der Waals surface area (Å²) in [7, 11) is 0. The van der Waals surface area contributed by atoms with E-state index in [-0.39, 0.29) is 11.6 Å². The molecule has 2 rings (SSSR count). The quantitative estimate of drug-likeness (QED) is 0.731. The molecule has 16 heavy (non-hydrogen) atoms. The second-order valence-corrected chi connectivity index (χ2v) is 6.16. The third-order valence-corrected chi connectivity index (χ3v) is 3.68. The minimum Gasteiger partial charge on any atom is -0.460 e. The van der Waals surface area contributed by atoms with Gasteiger partial charge in [-0.3, -0.25) is 4.79 Å². The number of fused-ring (bicyclic) bond motifs is 1. The molecule has 2 fully saturated rings. The Hall–Kier alpha value is -0.570. The van der Waals surface area contributed by atoms with Gasteiger partial charge in [-0.25, -0.2) is 0 Å². The first-order valence-corrected chi connectivity index (χ1v) is 6.41. The molecule has 3 nitrogen and oxygen atoms in total. The summed E-state index contributed by atoms with van der Waals surface area (Å²) in [5, 5.41) is 3.47. The second kappa shape index (κ2) is 4.36. The van der Waals surface area contributed by atoms with Crippen molar-refractivity contribution in [1.29, 1.82) is 0 Å². The Kier molecular flexibility index (Phi) is 3.24. The van der Waals surface area contributed by atoms with Gasteiger partial charge in [0, 0.05) is 6.04 Å². The van der Waals surface area contributed by atoms with E-state index < -0.39 is 0 Å². The zero-order valence-electron chi connectivity index (χ0n) is 10.6. The van der Waals surface area contributed by atoms with Gasteiger partial charge in [-0.2, -0.15) is 0 Å². The van der Waals surface area contributed by atoms with Crippen LogP contribution in [0.5, 0.6) is 0 Å². The number of esters is 1. The number of nitrogens with one attached hydrogen (secondary N) is 1. The SMILES string of the molecule is CC(C)(C)OC(=O)C[C@@H]1NC[C@@H]2CCC[C@@H]21. The van der Waals surface area contributed by atoms with Gasteiger partial charge >= 0.3 is 5.97 Å². The zero-order chi connectivity index (χ0) is 11.8. The summed E-state index contributed by atoms with van der Waals surface area (Å²) in [5.41, 5.74) is -0.356. The number of rotatable bonds is 2. The molecule has 0 bridgehead atoms. The summed E-state index contributed by atoms with van der Waals surface area (Å²) in [5.74, 6) is 1.47. The van der Waals surface area contributed by atoms with Crippen LogP contribution in [0.1, 0.15) is 46.5 Å². The maximum absolute atomic E-state index is 11.7. The van der Waals surface area contributed by atoms with Crippen molar-refractivity contribution in [3.05, 3.63) is 0 Å². The van der Waals surface area contributed by atoms with Crippen LogP contribution in [-0.2, 0) is 9.53 Å². The molecule has 0 amide bonds. The number of carbonyl (C=O) groups is 1. The molecular formula is C13H23NO2. The molecule has 0 spiro atoms. The van der Waals surface area contributed by atoms with Crippen LogP contribution >= 0.6 is 0 Å². The van der Waals surface area contributed by atoms with Crippen molar-refractivity contribution in [3.8, 4) is 0 Å². The van der Waals surface area contributed by atoms with Gasteiger partial charge in [-0.15, -0.1) is 0 Å². The van der Waals surface area contributed by atoms with Gasteiger partial charge in [-0.05, 0) is 52.0 Å². The molecule has 1 saturated carbocycles. The van der Waals surface area contributed by atoms with Gasteiger partial charge in [0.25, 0.3) is 0 Å². The lowest BCUT2D eigenvalue weighted by molar-refractivity contribution is -0.155. The first-order valence-electron chi connectivity index (χ1n) is 6.41. The van der Waals surface area contributed by atoms with Crippen molar-refractivity contribution in [2.45, 2.75) is 58.1 Å². The van der Waals surface area contributed by atoms with Gasteiger partial charge in [-0.1, -0.05) is 6.42 Å². The minimum atomic E-state index is -0.356. The Bertz CT molecular complexity index is 270. The van der Waals surface area contributed by atoms with Crippen molar-refractivity contribution in [1.82, 2.24) is 5.32 Å². The topological polar surface area (TPSA) is 38.3 Å². The highest BCUT2D eigenvalue weighted by atomic mass is 16.6. The minimum absolute atomic E-state index is 0.0578. The van der Waals surface area contributed by atoms with Gasteiger partial charge < -0.3 is 10.1 Å². The summed E-state index contributed by atoms with van der Waals surface area (Å²) in [6.07, 6.45) is 4.49. The molecule has 0 aromatic carbocycles. The van der Waals surface area contributed by atoms with E-state index in [1.807, 2.05) is 20.8 Å². The predicted octanol–water partition coefficient (Wildman–Crippen LogP) is 2.11. The maximum atomic E-state index is 11.7. The molecule has 3 atom stereocenters. The van der Waals surface area contributed by atoms with E-state index >= 15 is 0 Å². The molecule has 1 aliphatic carbocycles. The lowest BCUT2D eigenvalue weighted by Gasteiger charge is -2.22. The van der Waals surface area contributed by atoms with Crippen molar-refractivity contribution >= 4 is 5.97 Å². The molecule has 92 valence electrons. The highest BCUT2D eigenvalue weighted by molar-refractivity contribution is 5.70. The number of hydrogen-bond acceptors (Lipinski definition) is 3. The fourth-order valence-electron chi connectivity index (χ4n) is 3.09. The van der Waals surface area contributed by atoms with Gasteiger partial charge in [0.1, 0.15) is 5.60 Å². The van der Waals surface area contributed by atoms with Crippen molar-refractivity contribution in [2.75, 3.05) is 6.54 Å². The first-order chi connectivity index (χ1) is 7.46. The zero-order valence-corrected chi connectivity index (χ0v) is 10.6. The summed E-state index contributed by atoms with van der Waals surface area (Å²) in [4.78, 5) is 11.7. The summed E-state index contributed by atoms with van der Waals surface area (Å²) in [6, 6.07) is 0.363. The van der Waals surface area contributed by atoms with E-state index in [4.69, 9.17) is 4.74 Å². The smallest absolute Gasteiger partial charge is 0.307 e. The van der Waals surface area contributed by atoms with Crippen molar-refractivity contribution in [3.63, 3.8) is 0 Å². The third-order valence-electron chi connectivity index (χ3n) is 3.68. The van der Waals surface area contributed by atoms with Crippen LogP contribution in [-0.4, -0.2) is 24.2 Å². The Labute approximate surface area is 97.9 Å². The van der Waals surface area contributed by atoms with E-state index in [1.54, 1.807) is 0 Å². The first kappa shape index (κ1) is 11.9. The molecular weight excluding hydrogens is 202 g/mol. The Morgan fingerprint density at radius 1 is 1.38 bits per heavy atom. The highest BCUT2D eigenvalue weighted by Gasteiger charge is 2.40. The number of carbonyl (C=O) groups excluding carboxylic acids is 1. The lowest BCUT2D eigenvalue weighted by atomic mass is 9.92. The molecule has 0 aromatic heterocycles. The third kappa shape index (κ3) is 2.76. The van der Waals surface area contributed by atoms with E-state index in [2.05, 4.69) is 5.32 Å². The molecule has 0 unspecified atom stereocenters. The molecule has 0 aromatic rings. The van der Waals surface area contributed by atoms with Crippen LogP contribution in [0.25, 0.3) is 0 Å². The average molecular weight is 225 g/mol.